The van der Waals surface area contributed by atoms with Gasteiger partial charge in [-0.1, -0.05) is 47.8 Å². The number of carbonyl (C=O) groups excluding carboxylic acids is 2. The van der Waals surface area contributed by atoms with Crippen molar-refractivity contribution >= 4 is 62.3 Å². The molecule has 0 aromatic heterocycles. The molecule has 2 amide bonds. The van der Waals surface area contributed by atoms with Gasteiger partial charge in [0, 0.05) is 41.2 Å². The molecule has 0 bridgehead atoms. The predicted molar refractivity (Wildman–Crippen MR) is 154 cm³/mol. The Hall–Kier alpha value is -2.20. The molecule has 0 saturated heterocycles. The van der Waals surface area contributed by atoms with Crippen molar-refractivity contribution in [3.8, 4) is 5.75 Å². The number of benzene rings is 2. The van der Waals surface area contributed by atoms with E-state index in [9.17, 15) is 18.0 Å². The van der Waals surface area contributed by atoms with E-state index in [0.29, 0.717) is 33.5 Å². The van der Waals surface area contributed by atoms with Gasteiger partial charge in [-0.3, -0.25) is 13.9 Å². The van der Waals surface area contributed by atoms with Gasteiger partial charge in [0.25, 0.3) is 0 Å². The Balaban J connectivity index is 2.29. The summed E-state index contributed by atoms with van der Waals surface area (Å²) in [6.45, 7) is 5.56. The maximum Gasteiger partial charge on any atom is 0.243 e. The van der Waals surface area contributed by atoms with Gasteiger partial charge in [-0.25, -0.2) is 8.42 Å². The zero-order valence-corrected chi connectivity index (χ0v) is 25.2. The maximum atomic E-state index is 13.5. The Bertz CT molecular complexity index is 1220. The van der Waals surface area contributed by atoms with Crippen LogP contribution >= 0.6 is 34.8 Å². The van der Waals surface area contributed by atoms with Gasteiger partial charge in [0.1, 0.15) is 11.8 Å². The van der Waals surface area contributed by atoms with E-state index in [0.717, 1.165) is 6.26 Å². The first-order valence-electron chi connectivity index (χ1n) is 12.1. The topological polar surface area (TPSA) is 96.0 Å². The molecule has 0 spiro atoms. The first-order chi connectivity index (χ1) is 17.8. The first-order valence-corrected chi connectivity index (χ1v) is 15.1. The van der Waals surface area contributed by atoms with E-state index in [2.05, 4.69) is 5.32 Å². The third-order valence-corrected chi connectivity index (χ3v) is 7.98. The Labute approximate surface area is 240 Å². The van der Waals surface area contributed by atoms with E-state index in [4.69, 9.17) is 39.5 Å². The molecule has 0 saturated carbocycles. The lowest BCUT2D eigenvalue weighted by Gasteiger charge is -2.32. The van der Waals surface area contributed by atoms with E-state index in [-0.39, 0.29) is 48.8 Å². The lowest BCUT2D eigenvalue weighted by atomic mass is 10.1. The smallest absolute Gasteiger partial charge is 0.243 e. The van der Waals surface area contributed by atoms with Crippen molar-refractivity contribution in [1.82, 2.24) is 10.2 Å². The molecule has 0 unspecified atom stereocenters. The van der Waals surface area contributed by atoms with E-state index >= 15 is 0 Å². The fourth-order valence-corrected chi connectivity index (χ4v) is 5.69. The monoisotopic (exact) mass is 605 g/mol. The van der Waals surface area contributed by atoms with Crippen LogP contribution in [0.25, 0.3) is 0 Å². The van der Waals surface area contributed by atoms with Gasteiger partial charge in [0.15, 0.2) is 0 Å². The average molecular weight is 607 g/mol. The number of ether oxygens (including phenoxy) is 1. The predicted octanol–water partition coefficient (Wildman–Crippen LogP) is 5.53. The number of rotatable bonds is 13. The molecule has 0 heterocycles. The molecule has 2 aromatic rings. The van der Waals surface area contributed by atoms with Crippen molar-refractivity contribution in [2.75, 3.05) is 24.2 Å². The number of amides is 2. The molecule has 0 aliphatic carbocycles. The van der Waals surface area contributed by atoms with Gasteiger partial charge < -0.3 is 15.0 Å². The largest absolute Gasteiger partial charge is 0.495 e. The Kier molecular flexibility index (Phi) is 12.0. The standard InChI is InChI=1S/C26H34Cl3N3O5S/c1-6-23(26(34)30-17(2)3)31(16-19-20(27)9-7-10-21(19)28)25(33)11-8-14-32(38(5,35)36)18-12-13-24(37-4)22(29)15-18/h7,9-10,12-13,15,17,23H,6,8,11,14,16H2,1-5H3,(H,30,34)/t23-/m1/s1. The molecular weight excluding hydrogens is 573 g/mol. The van der Waals surface area contributed by atoms with Crippen molar-refractivity contribution in [1.29, 1.82) is 0 Å². The normalized spacial score (nSPS) is 12.2. The van der Waals surface area contributed by atoms with E-state index < -0.39 is 16.1 Å². The van der Waals surface area contributed by atoms with Crippen LogP contribution in [0.1, 0.15) is 45.6 Å². The fraction of sp³-hybridized carbons (Fsp3) is 0.462. The minimum atomic E-state index is -3.67. The number of halogens is 3. The summed E-state index contributed by atoms with van der Waals surface area (Å²) in [6, 6.07) is 8.83. The second-order valence-electron chi connectivity index (χ2n) is 9.07. The minimum Gasteiger partial charge on any atom is -0.495 e. The molecule has 0 aliphatic rings. The Morgan fingerprint density at radius 2 is 1.68 bits per heavy atom. The molecule has 2 aromatic carbocycles. The number of nitrogens with one attached hydrogen (secondary N) is 1. The van der Waals surface area contributed by atoms with E-state index in [1.54, 1.807) is 30.3 Å². The van der Waals surface area contributed by atoms with Gasteiger partial charge in [-0.2, -0.15) is 0 Å². The second-order valence-corrected chi connectivity index (χ2v) is 12.2. The second kappa shape index (κ2) is 14.3. The van der Waals surface area contributed by atoms with Crippen molar-refractivity contribution < 1.29 is 22.7 Å². The van der Waals surface area contributed by atoms with Crippen molar-refractivity contribution in [3.63, 3.8) is 0 Å². The first kappa shape index (κ1) is 32.0. The van der Waals surface area contributed by atoms with E-state index in [1.165, 1.54) is 22.4 Å². The highest BCUT2D eigenvalue weighted by Gasteiger charge is 2.30. The molecular formula is C26H34Cl3N3O5S. The zero-order valence-electron chi connectivity index (χ0n) is 22.1. The molecule has 0 fully saturated rings. The third-order valence-electron chi connectivity index (χ3n) is 5.78. The van der Waals surface area contributed by atoms with Crippen molar-refractivity contribution in [3.05, 3.63) is 57.0 Å². The van der Waals surface area contributed by atoms with Crippen LogP contribution in [-0.2, 0) is 26.2 Å². The quantitative estimate of drug-likeness (QED) is 0.323. The molecule has 0 aliphatic heterocycles. The van der Waals surface area contributed by atoms with Crippen LogP contribution in [0, 0.1) is 0 Å². The molecule has 1 N–H and O–H groups in total. The lowest BCUT2D eigenvalue weighted by Crippen LogP contribution is -2.50. The van der Waals surface area contributed by atoms with Crippen molar-refractivity contribution in [2.24, 2.45) is 0 Å². The van der Waals surface area contributed by atoms with Crippen LogP contribution in [0.3, 0.4) is 0 Å². The van der Waals surface area contributed by atoms with E-state index in [1.807, 2.05) is 20.8 Å². The van der Waals surface area contributed by atoms with Crippen LogP contribution in [0.4, 0.5) is 5.69 Å². The fourth-order valence-electron chi connectivity index (χ4n) is 3.97. The molecule has 38 heavy (non-hydrogen) atoms. The van der Waals surface area contributed by atoms with Crippen LogP contribution in [0.2, 0.25) is 15.1 Å². The third kappa shape index (κ3) is 8.66. The highest BCUT2D eigenvalue weighted by molar-refractivity contribution is 7.92. The summed E-state index contributed by atoms with van der Waals surface area (Å²) in [7, 11) is -2.20. The Morgan fingerprint density at radius 3 is 2.18 bits per heavy atom. The zero-order chi connectivity index (χ0) is 28.6. The SMILES string of the molecule is CC[C@H](C(=O)NC(C)C)N(Cc1c(Cl)cccc1Cl)C(=O)CCCN(c1ccc(OC)c(Cl)c1)S(C)(=O)=O. The number of hydrogen-bond acceptors (Lipinski definition) is 5. The van der Waals surface area contributed by atoms with Crippen LogP contribution in [0.5, 0.6) is 5.75 Å². The summed E-state index contributed by atoms with van der Waals surface area (Å²) < 4.78 is 31.4. The molecule has 0 radical (unpaired) electrons. The molecule has 12 heteroatoms. The highest BCUT2D eigenvalue weighted by atomic mass is 35.5. The number of carbonyl (C=O) groups is 2. The summed E-state index contributed by atoms with van der Waals surface area (Å²) in [5, 5.41) is 3.90. The van der Waals surface area contributed by atoms with Gasteiger partial charge in [0.05, 0.1) is 24.1 Å². The maximum absolute atomic E-state index is 13.5. The number of anilines is 1. The van der Waals surface area contributed by atoms with Gasteiger partial charge in [-0.05, 0) is 57.0 Å². The number of hydrogen-bond donors (Lipinski definition) is 1. The molecule has 1 atom stereocenters. The summed E-state index contributed by atoms with van der Waals surface area (Å²) >= 11 is 18.9. The van der Waals surface area contributed by atoms with Gasteiger partial charge in [-0.15, -0.1) is 0 Å². The molecule has 210 valence electrons. The lowest BCUT2D eigenvalue weighted by molar-refractivity contribution is -0.141. The van der Waals surface area contributed by atoms with Crippen LogP contribution in [0.15, 0.2) is 36.4 Å². The summed E-state index contributed by atoms with van der Waals surface area (Å²) in [6.07, 6.45) is 1.64. The number of sulfonamides is 1. The summed E-state index contributed by atoms with van der Waals surface area (Å²) in [5.74, 6) is -0.198. The van der Waals surface area contributed by atoms with Crippen molar-refractivity contribution in [2.45, 2.75) is 58.7 Å². The highest BCUT2D eigenvalue weighted by Crippen LogP contribution is 2.31. The van der Waals surface area contributed by atoms with Gasteiger partial charge in [0.2, 0.25) is 21.8 Å². The summed E-state index contributed by atoms with van der Waals surface area (Å²) in [4.78, 5) is 28.0. The van der Waals surface area contributed by atoms with Crippen LogP contribution < -0.4 is 14.4 Å². The van der Waals surface area contributed by atoms with Gasteiger partial charge >= 0.3 is 0 Å². The molecule has 2 rings (SSSR count). The number of methoxy groups -OCH3 is 1. The number of nitrogens with zero attached hydrogens (tertiary/aromatic N) is 2. The minimum absolute atomic E-state index is 0.0105. The average Bonchev–Trinajstić information content (AvgIpc) is 2.82. The molecule has 8 nitrogen and oxygen atoms in total. The van der Waals surface area contributed by atoms with Crippen LogP contribution in [-0.4, -0.2) is 57.1 Å². The Morgan fingerprint density at radius 1 is 1.05 bits per heavy atom. The summed E-state index contributed by atoms with van der Waals surface area (Å²) in [5.41, 5.74) is 0.888.